The molecule has 7 heteroatoms. The smallest absolute Gasteiger partial charge is 0.319 e. The van der Waals surface area contributed by atoms with E-state index in [1.807, 2.05) is 37.3 Å². The van der Waals surface area contributed by atoms with Crippen LogP contribution in [0.15, 0.2) is 30.3 Å². The molecule has 0 spiro atoms. The van der Waals surface area contributed by atoms with Crippen LogP contribution in [0.1, 0.15) is 64.0 Å². The van der Waals surface area contributed by atoms with E-state index in [0.717, 1.165) is 47.8 Å². The SMILES string of the molecule is Cc1ccc2nn(-c3cc(C(C)(C)C)cc(NC(=O)NC4CCCCC4)c3O)nc2c1. The molecule has 2 amide bonds. The van der Waals surface area contributed by atoms with Gasteiger partial charge in [0.25, 0.3) is 0 Å². The quantitative estimate of drug-likeness (QED) is 0.508. The lowest BCUT2D eigenvalue weighted by Crippen LogP contribution is -2.39. The molecule has 1 aliphatic rings. The van der Waals surface area contributed by atoms with Gasteiger partial charge in [0.2, 0.25) is 0 Å². The molecule has 0 bridgehead atoms. The maximum atomic E-state index is 12.6. The maximum Gasteiger partial charge on any atom is 0.319 e. The Morgan fingerprint density at radius 1 is 1.06 bits per heavy atom. The van der Waals surface area contributed by atoms with Gasteiger partial charge in [0.05, 0.1) is 5.69 Å². The first-order valence-corrected chi connectivity index (χ1v) is 11.0. The molecule has 3 aromatic rings. The predicted molar refractivity (Wildman–Crippen MR) is 123 cm³/mol. The summed E-state index contributed by atoms with van der Waals surface area (Å²) in [5, 5.41) is 26.0. The maximum absolute atomic E-state index is 12.6. The van der Waals surface area contributed by atoms with Crippen LogP contribution in [0.5, 0.6) is 5.75 Å². The van der Waals surface area contributed by atoms with Gasteiger partial charge in [0.15, 0.2) is 5.75 Å². The number of aromatic nitrogens is 3. The lowest BCUT2D eigenvalue weighted by molar-refractivity contribution is 0.244. The standard InChI is InChI=1S/C24H31N5O2/c1-15-10-11-18-19(12-15)28-29(27-18)21-14-16(24(2,3)4)13-20(22(21)30)26-23(31)25-17-8-6-5-7-9-17/h10-14,17,30H,5-9H2,1-4H3,(H2,25,26,31). The van der Waals surface area contributed by atoms with E-state index in [4.69, 9.17) is 0 Å². The number of hydrogen-bond acceptors (Lipinski definition) is 4. The normalized spacial score (nSPS) is 15.2. The van der Waals surface area contributed by atoms with Crippen LogP contribution in [0.2, 0.25) is 0 Å². The van der Waals surface area contributed by atoms with Gasteiger partial charge < -0.3 is 15.7 Å². The number of aromatic hydroxyl groups is 1. The van der Waals surface area contributed by atoms with E-state index >= 15 is 0 Å². The van der Waals surface area contributed by atoms with Crippen molar-refractivity contribution in [1.29, 1.82) is 0 Å². The van der Waals surface area contributed by atoms with Gasteiger partial charge in [0.1, 0.15) is 16.7 Å². The highest BCUT2D eigenvalue weighted by Gasteiger charge is 2.23. The topological polar surface area (TPSA) is 92.1 Å². The first-order chi connectivity index (χ1) is 14.7. The molecule has 1 aliphatic carbocycles. The molecule has 1 aromatic heterocycles. The molecule has 0 atom stereocenters. The van der Waals surface area contributed by atoms with E-state index in [9.17, 15) is 9.90 Å². The van der Waals surface area contributed by atoms with Gasteiger partial charge in [-0.1, -0.05) is 46.1 Å². The molecular weight excluding hydrogens is 390 g/mol. The Morgan fingerprint density at radius 2 is 1.77 bits per heavy atom. The molecule has 1 fully saturated rings. The number of urea groups is 1. The zero-order valence-corrected chi connectivity index (χ0v) is 18.7. The van der Waals surface area contributed by atoms with Crippen molar-refractivity contribution in [1.82, 2.24) is 20.3 Å². The van der Waals surface area contributed by atoms with Gasteiger partial charge >= 0.3 is 6.03 Å². The zero-order chi connectivity index (χ0) is 22.2. The van der Waals surface area contributed by atoms with Crippen molar-refractivity contribution >= 4 is 22.8 Å². The highest BCUT2D eigenvalue weighted by atomic mass is 16.3. The summed E-state index contributed by atoms with van der Waals surface area (Å²) < 4.78 is 0. The summed E-state index contributed by atoms with van der Waals surface area (Å²) >= 11 is 0. The van der Waals surface area contributed by atoms with E-state index in [0.29, 0.717) is 11.4 Å². The molecule has 1 heterocycles. The molecular formula is C24H31N5O2. The van der Waals surface area contributed by atoms with Crippen molar-refractivity contribution < 1.29 is 9.90 Å². The third kappa shape index (κ3) is 4.65. The Morgan fingerprint density at radius 3 is 2.48 bits per heavy atom. The fourth-order valence-corrected chi connectivity index (χ4v) is 4.02. The predicted octanol–water partition coefficient (Wildman–Crippen LogP) is 5.19. The number of phenolic OH excluding ortho intramolecular Hbond substituents is 1. The Hall–Kier alpha value is -3.09. The molecule has 0 saturated heterocycles. The first kappa shape index (κ1) is 21.2. The molecule has 31 heavy (non-hydrogen) atoms. The summed E-state index contributed by atoms with van der Waals surface area (Å²) in [6, 6.07) is 9.44. The van der Waals surface area contributed by atoms with E-state index in [1.165, 1.54) is 11.2 Å². The first-order valence-electron chi connectivity index (χ1n) is 11.0. The molecule has 0 radical (unpaired) electrons. The van der Waals surface area contributed by atoms with Crippen molar-refractivity contribution in [3.63, 3.8) is 0 Å². The summed E-state index contributed by atoms with van der Waals surface area (Å²) in [6.07, 6.45) is 5.49. The minimum atomic E-state index is -0.298. The van der Waals surface area contributed by atoms with Crippen molar-refractivity contribution in [2.75, 3.05) is 5.32 Å². The van der Waals surface area contributed by atoms with E-state index in [-0.39, 0.29) is 23.2 Å². The second-order valence-corrected chi connectivity index (χ2v) is 9.56. The van der Waals surface area contributed by atoms with Gasteiger partial charge in [0, 0.05) is 6.04 Å². The zero-order valence-electron chi connectivity index (χ0n) is 18.7. The summed E-state index contributed by atoms with van der Waals surface area (Å²) in [6.45, 7) is 8.27. The second kappa shape index (κ2) is 8.21. The van der Waals surface area contributed by atoms with Gasteiger partial charge in [-0.2, -0.15) is 0 Å². The van der Waals surface area contributed by atoms with Crippen LogP contribution in [0.3, 0.4) is 0 Å². The molecule has 2 aromatic carbocycles. The average molecular weight is 422 g/mol. The van der Waals surface area contributed by atoms with Crippen molar-refractivity contribution in [2.24, 2.45) is 0 Å². The van der Waals surface area contributed by atoms with Crippen LogP contribution in [-0.2, 0) is 5.41 Å². The molecule has 1 saturated carbocycles. The monoisotopic (exact) mass is 421 g/mol. The van der Waals surface area contributed by atoms with Crippen LogP contribution in [-0.4, -0.2) is 32.2 Å². The van der Waals surface area contributed by atoms with Gasteiger partial charge in [-0.05, 0) is 60.6 Å². The fraction of sp³-hybridized carbons (Fsp3) is 0.458. The highest BCUT2D eigenvalue weighted by molar-refractivity contribution is 5.92. The number of phenols is 1. The largest absolute Gasteiger partial charge is 0.504 e. The lowest BCUT2D eigenvalue weighted by atomic mass is 9.86. The number of hydrogen-bond donors (Lipinski definition) is 3. The molecule has 3 N–H and O–H groups in total. The highest BCUT2D eigenvalue weighted by Crippen LogP contribution is 2.36. The summed E-state index contributed by atoms with van der Waals surface area (Å²) in [7, 11) is 0. The average Bonchev–Trinajstić information content (AvgIpc) is 3.12. The van der Waals surface area contributed by atoms with Gasteiger partial charge in [-0.25, -0.2) is 4.79 Å². The number of carbonyl (C=O) groups excluding carboxylic acids is 1. The Balaban J connectivity index is 1.70. The number of amides is 2. The van der Waals surface area contributed by atoms with Crippen molar-refractivity contribution in [2.45, 2.75) is 71.3 Å². The number of anilines is 1. The number of rotatable bonds is 3. The van der Waals surface area contributed by atoms with E-state index < -0.39 is 0 Å². The molecule has 0 unspecified atom stereocenters. The number of carbonyl (C=O) groups is 1. The summed E-state index contributed by atoms with van der Waals surface area (Å²) in [4.78, 5) is 14.1. The number of nitrogens with one attached hydrogen (secondary N) is 2. The van der Waals surface area contributed by atoms with Crippen LogP contribution >= 0.6 is 0 Å². The van der Waals surface area contributed by atoms with E-state index in [1.54, 1.807) is 0 Å². The van der Waals surface area contributed by atoms with Gasteiger partial charge in [-0.15, -0.1) is 15.0 Å². The summed E-state index contributed by atoms with van der Waals surface area (Å²) in [5.41, 5.74) is 4.16. The number of benzene rings is 2. The Kier molecular flexibility index (Phi) is 5.60. The van der Waals surface area contributed by atoms with Gasteiger partial charge in [-0.3, -0.25) is 0 Å². The molecule has 0 aliphatic heterocycles. The van der Waals surface area contributed by atoms with Crippen LogP contribution in [0, 0.1) is 6.92 Å². The minimum Gasteiger partial charge on any atom is -0.504 e. The summed E-state index contributed by atoms with van der Waals surface area (Å²) in [5.74, 6) is -0.0520. The number of nitrogens with zero attached hydrogens (tertiary/aromatic N) is 3. The lowest BCUT2D eigenvalue weighted by Gasteiger charge is -2.24. The van der Waals surface area contributed by atoms with Crippen LogP contribution in [0.25, 0.3) is 16.7 Å². The van der Waals surface area contributed by atoms with E-state index in [2.05, 4.69) is 41.6 Å². The second-order valence-electron chi connectivity index (χ2n) is 9.56. The molecule has 4 rings (SSSR count). The fourth-order valence-electron chi connectivity index (χ4n) is 4.02. The Labute approximate surface area is 182 Å². The minimum absolute atomic E-state index is 0.0520. The number of fused-ring (bicyclic) bond motifs is 1. The third-order valence-electron chi connectivity index (χ3n) is 5.90. The van der Waals surface area contributed by atoms with Crippen LogP contribution in [0.4, 0.5) is 10.5 Å². The van der Waals surface area contributed by atoms with Crippen molar-refractivity contribution in [3.8, 4) is 11.4 Å². The van der Waals surface area contributed by atoms with Crippen LogP contribution < -0.4 is 10.6 Å². The third-order valence-corrected chi connectivity index (χ3v) is 5.90. The number of aryl methyl sites for hydroxylation is 1. The Bertz CT molecular complexity index is 1110. The molecule has 164 valence electrons. The van der Waals surface area contributed by atoms with Crippen molar-refractivity contribution in [3.05, 3.63) is 41.5 Å². The molecule has 7 nitrogen and oxygen atoms in total.